The Hall–Kier alpha value is -4.45. The zero-order valence-corrected chi connectivity index (χ0v) is 29.5. The van der Waals surface area contributed by atoms with E-state index in [2.05, 4.69) is 11.9 Å². The molecule has 0 unspecified atom stereocenters. The molecule has 2 saturated carbocycles. The first-order valence-corrected chi connectivity index (χ1v) is 18.3. The summed E-state index contributed by atoms with van der Waals surface area (Å²) >= 11 is 0. The van der Waals surface area contributed by atoms with Crippen molar-refractivity contribution in [3.63, 3.8) is 0 Å². The molecule has 49 heavy (non-hydrogen) atoms. The van der Waals surface area contributed by atoms with Gasteiger partial charge in [-0.15, -0.1) is 6.58 Å². The number of fused-ring (bicyclic) bond motifs is 1. The fourth-order valence-corrected chi connectivity index (χ4v) is 8.13. The number of sulfone groups is 1. The van der Waals surface area contributed by atoms with Crippen LogP contribution in [-0.4, -0.2) is 91.0 Å². The highest BCUT2D eigenvalue weighted by molar-refractivity contribution is 7.93. The highest BCUT2D eigenvalue weighted by Gasteiger charge is 2.61. The minimum Gasteiger partial charge on any atom is -0.472 e. The molecule has 3 aliphatic rings. The number of pyridine rings is 1. The van der Waals surface area contributed by atoms with E-state index >= 15 is 0 Å². The summed E-state index contributed by atoms with van der Waals surface area (Å²) in [4.78, 5) is 49.2. The maximum absolute atomic E-state index is 14.0. The van der Waals surface area contributed by atoms with Crippen LogP contribution in [0.5, 0.6) is 5.88 Å². The zero-order valence-electron chi connectivity index (χ0n) is 28.6. The van der Waals surface area contributed by atoms with Crippen LogP contribution in [0.2, 0.25) is 0 Å². The molecule has 2 heterocycles. The number of amides is 2. The molecule has 3 fully saturated rings. The highest BCUT2D eigenvalue weighted by atomic mass is 32.2. The summed E-state index contributed by atoms with van der Waals surface area (Å²) in [7, 11) is 0.353. The lowest BCUT2D eigenvalue weighted by Gasteiger charge is -2.29. The Morgan fingerprint density at radius 2 is 1.80 bits per heavy atom. The zero-order chi connectivity index (χ0) is 35.3. The number of benzene rings is 2. The number of carbonyl (C=O) groups is 3. The summed E-state index contributed by atoms with van der Waals surface area (Å²) in [5.74, 6) is -1.82. The van der Waals surface area contributed by atoms with E-state index in [0.29, 0.717) is 24.4 Å². The molecule has 0 spiro atoms. The summed E-state index contributed by atoms with van der Waals surface area (Å²) in [6.07, 6.45) is 1.67. The largest absolute Gasteiger partial charge is 0.472 e. The van der Waals surface area contributed by atoms with Crippen LogP contribution in [0.25, 0.3) is 22.0 Å². The van der Waals surface area contributed by atoms with Gasteiger partial charge in [-0.3, -0.25) is 14.5 Å². The first kappa shape index (κ1) is 34.4. The minimum atomic E-state index is -3.60. The van der Waals surface area contributed by atoms with Crippen molar-refractivity contribution in [3.05, 3.63) is 67.3 Å². The number of Topliss-reactive ketones (excluding diaryl/α,β-unsaturated/α-hetero) is 1. The van der Waals surface area contributed by atoms with Crippen LogP contribution in [0, 0.1) is 5.92 Å². The molecule has 3 aromatic rings. The summed E-state index contributed by atoms with van der Waals surface area (Å²) in [5.41, 5.74) is 0.454. The summed E-state index contributed by atoms with van der Waals surface area (Å²) in [6, 6.07) is 16.7. The number of rotatable bonds is 11. The average molecular weight is 689 g/mol. The Kier molecular flexibility index (Phi) is 8.98. The minimum absolute atomic E-state index is 0.0344. The van der Waals surface area contributed by atoms with Crippen LogP contribution >= 0.6 is 0 Å². The van der Waals surface area contributed by atoms with Gasteiger partial charge in [-0.05, 0) is 69.7 Å². The number of nitrogens with zero attached hydrogens (tertiary/aromatic N) is 3. The standard InChI is InChI=1S/C37H44N4O7S/c1-7-25-20-37(25,32(42)22-49(45,46)28-16-17-28)39-33(43)31-19-27(21-41(31)35(44)48-36(2,3)4)47-34-29-11-9-8-10-24(29)18-30(38-34)23-12-14-26(15-13-23)40(5)6/h7-15,18,25,27-28,31H,1,16-17,19-22H2,2-6H3,(H,39,43)/t25-,27-,31+,37-/m1/s1. The van der Waals surface area contributed by atoms with Gasteiger partial charge in [-0.25, -0.2) is 18.2 Å². The van der Waals surface area contributed by atoms with Gasteiger partial charge in [0, 0.05) is 43.1 Å². The molecule has 1 aliphatic heterocycles. The number of ketones is 1. The molecule has 11 nitrogen and oxygen atoms in total. The molecule has 2 aliphatic carbocycles. The molecule has 260 valence electrons. The second-order valence-electron chi connectivity index (χ2n) is 14.5. The van der Waals surface area contributed by atoms with E-state index in [1.165, 1.54) is 4.90 Å². The molecule has 12 heteroatoms. The molecular formula is C37H44N4O7S. The van der Waals surface area contributed by atoms with E-state index in [-0.39, 0.29) is 19.4 Å². The number of anilines is 1. The Labute approximate surface area is 287 Å². The topological polar surface area (TPSA) is 135 Å². The van der Waals surface area contributed by atoms with Crippen molar-refractivity contribution in [2.75, 3.05) is 31.3 Å². The molecule has 0 bridgehead atoms. The van der Waals surface area contributed by atoms with Gasteiger partial charge in [0.1, 0.15) is 29.0 Å². The van der Waals surface area contributed by atoms with E-state index in [0.717, 1.165) is 22.0 Å². The summed E-state index contributed by atoms with van der Waals surface area (Å²) in [5, 5.41) is 4.05. The Balaban J connectivity index is 1.27. The van der Waals surface area contributed by atoms with Crippen molar-refractivity contribution in [1.29, 1.82) is 0 Å². The maximum atomic E-state index is 14.0. The number of likely N-dealkylation sites (tertiary alicyclic amines) is 1. The third kappa shape index (κ3) is 7.29. The molecule has 4 atom stereocenters. The lowest BCUT2D eigenvalue weighted by molar-refractivity contribution is -0.130. The van der Waals surface area contributed by atoms with Gasteiger partial charge in [0.15, 0.2) is 15.6 Å². The second-order valence-corrected chi connectivity index (χ2v) is 16.8. The molecule has 1 saturated heterocycles. The van der Waals surface area contributed by atoms with Crippen molar-refractivity contribution in [1.82, 2.24) is 15.2 Å². The molecule has 0 radical (unpaired) electrons. The van der Waals surface area contributed by atoms with Gasteiger partial charge in [0.05, 0.1) is 17.5 Å². The lowest BCUT2D eigenvalue weighted by Crippen LogP contribution is -2.54. The summed E-state index contributed by atoms with van der Waals surface area (Å²) < 4.78 is 37.6. The van der Waals surface area contributed by atoms with Crippen LogP contribution in [0.4, 0.5) is 10.5 Å². The number of hydrogen-bond donors (Lipinski definition) is 1. The van der Waals surface area contributed by atoms with Gasteiger partial charge in [-0.1, -0.05) is 36.4 Å². The van der Waals surface area contributed by atoms with Crippen molar-refractivity contribution >= 4 is 44.1 Å². The fourth-order valence-electron chi connectivity index (χ4n) is 6.41. The van der Waals surface area contributed by atoms with E-state index in [1.807, 2.05) is 73.6 Å². The van der Waals surface area contributed by atoms with Crippen molar-refractivity contribution in [2.45, 2.75) is 75.0 Å². The van der Waals surface area contributed by atoms with Gasteiger partial charge in [0.25, 0.3) is 0 Å². The first-order valence-electron chi connectivity index (χ1n) is 16.6. The quantitative estimate of drug-likeness (QED) is 0.278. The Morgan fingerprint density at radius 3 is 2.41 bits per heavy atom. The van der Waals surface area contributed by atoms with Crippen molar-refractivity contribution < 1.29 is 32.3 Å². The van der Waals surface area contributed by atoms with Crippen LogP contribution < -0.4 is 15.0 Å². The summed E-state index contributed by atoms with van der Waals surface area (Å²) in [6.45, 7) is 9.04. The van der Waals surface area contributed by atoms with Crippen molar-refractivity contribution in [3.8, 4) is 17.1 Å². The van der Waals surface area contributed by atoms with Crippen LogP contribution in [-0.2, 0) is 24.2 Å². The number of hydrogen-bond acceptors (Lipinski definition) is 9. The van der Waals surface area contributed by atoms with Crippen molar-refractivity contribution in [2.24, 2.45) is 5.92 Å². The fraction of sp³-hybridized carbons (Fsp3) is 0.459. The predicted molar refractivity (Wildman–Crippen MR) is 188 cm³/mol. The normalized spacial score (nSPS) is 23.5. The van der Waals surface area contributed by atoms with Crippen LogP contribution in [0.15, 0.2) is 67.3 Å². The van der Waals surface area contributed by atoms with Gasteiger partial charge < -0.3 is 19.7 Å². The highest BCUT2D eigenvalue weighted by Crippen LogP contribution is 2.46. The molecule has 1 N–H and O–H groups in total. The average Bonchev–Trinajstić information content (AvgIpc) is 3.97. The monoisotopic (exact) mass is 688 g/mol. The molecule has 2 amide bonds. The third-order valence-corrected chi connectivity index (χ3v) is 11.5. The van der Waals surface area contributed by atoms with E-state index in [1.54, 1.807) is 26.8 Å². The smallest absolute Gasteiger partial charge is 0.411 e. The first-order chi connectivity index (χ1) is 23.1. The van der Waals surface area contributed by atoms with Gasteiger partial charge >= 0.3 is 6.09 Å². The molecular weight excluding hydrogens is 644 g/mol. The number of nitrogens with one attached hydrogen (secondary N) is 1. The molecule has 1 aromatic heterocycles. The predicted octanol–water partition coefficient (Wildman–Crippen LogP) is 4.93. The Bertz CT molecular complexity index is 1900. The SMILES string of the molecule is C=C[C@@H]1C[C@]1(NC(=O)[C@@H]1C[C@@H](Oc2nc(-c3ccc(N(C)C)cc3)cc3ccccc23)CN1C(=O)OC(C)(C)C)C(=O)CS(=O)(=O)C1CC1. The van der Waals surface area contributed by atoms with Crippen LogP contribution in [0.3, 0.4) is 0 Å². The second kappa shape index (κ2) is 12.8. The van der Waals surface area contributed by atoms with E-state index in [9.17, 15) is 22.8 Å². The van der Waals surface area contributed by atoms with E-state index in [4.69, 9.17) is 14.5 Å². The number of ether oxygens (including phenoxy) is 2. The number of carbonyl (C=O) groups excluding carboxylic acids is 3. The number of aromatic nitrogens is 1. The lowest BCUT2D eigenvalue weighted by atomic mass is 10.1. The van der Waals surface area contributed by atoms with Gasteiger partial charge in [0.2, 0.25) is 11.8 Å². The molecule has 6 rings (SSSR count). The maximum Gasteiger partial charge on any atom is 0.411 e. The van der Waals surface area contributed by atoms with E-state index < -0.39 is 67.8 Å². The third-order valence-electron chi connectivity index (χ3n) is 9.36. The Morgan fingerprint density at radius 1 is 1.10 bits per heavy atom. The van der Waals surface area contributed by atoms with Crippen LogP contribution in [0.1, 0.15) is 46.5 Å². The van der Waals surface area contributed by atoms with Gasteiger partial charge in [-0.2, -0.15) is 0 Å². The molecule has 2 aromatic carbocycles.